The largest absolute Gasteiger partial charge is 0.208 e. The van der Waals surface area contributed by atoms with Gasteiger partial charge in [0, 0.05) is 26.5 Å². The fourth-order valence-corrected chi connectivity index (χ4v) is 9.92. The van der Waals surface area contributed by atoms with E-state index in [2.05, 4.69) is 121 Å². The second kappa shape index (κ2) is 12.7. The lowest BCUT2D eigenvalue weighted by atomic mass is 9.67. The molecule has 0 saturated carbocycles. The van der Waals surface area contributed by atoms with Crippen LogP contribution in [-0.2, 0) is 5.41 Å². The van der Waals surface area contributed by atoms with Gasteiger partial charge in [-0.3, -0.25) is 0 Å². The topological polar surface area (TPSA) is 62.5 Å². The summed E-state index contributed by atoms with van der Waals surface area (Å²) in [6.07, 6.45) is 0. The highest BCUT2D eigenvalue weighted by molar-refractivity contribution is 7.99. The fraction of sp³-hybridized carbons (Fsp3) is 0.0196. The van der Waals surface area contributed by atoms with Crippen molar-refractivity contribution in [3.05, 3.63) is 210 Å². The SMILES string of the molecule is N#Cc1cccc(-c2ccc(-c3nc(-c4ccccc4)nc(-c4ccc5c(c4)Sc4cc6ccccc6cc4C54c5ccccc5-c5ccccc54)n3)cc2)c1. The van der Waals surface area contributed by atoms with Gasteiger partial charge in [0.1, 0.15) is 0 Å². The van der Waals surface area contributed by atoms with Gasteiger partial charge in [0.2, 0.25) is 0 Å². The van der Waals surface area contributed by atoms with E-state index < -0.39 is 5.41 Å². The van der Waals surface area contributed by atoms with Gasteiger partial charge in [0.15, 0.2) is 17.5 Å². The van der Waals surface area contributed by atoms with Gasteiger partial charge in [0.05, 0.1) is 17.0 Å². The number of hydrogen-bond donors (Lipinski definition) is 0. The predicted molar refractivity (Wildman–Crippen MR) is 225 cm³/mol. The third-order valence-electron chi connectivity index (χ3n) is 11.2. The van der Waals surface area contributed by atoms with Crippen molar-refractivity contribution in [1.29, 1.82) is 5.26 Å². The Balaban J connectivity index is 1.10. The first-order chi connectivity index (χ1) is 27.7. The van der Waals surface area contributed by atoms with Crippen molar-refractivity contribution >= 4 is 22.5 Å². The molecule has 0 N–H and O–H groups in total. The van der Waals surface area contributed by atoms with Crippen molar-refractivity contribution in [2.45, 2.75) is 15.2 Å². The summed E-state index contributed by atoms with van der Waals surface area (Å²) in [6.45, 7) is 0. The number of hydrogen-bond acceptors (Lipinski definition) is 5. The van der Waals surface area contributed by atoms with E-state index in [9.17, 15) is 5.26 Å². The maximum atomic E-state index is 9.45. The molecule has 1 aromatic heterocycles. The monoisotopic (exact) mass is 730 g/mol. The third kappa shape index (κ3) is 4.97. The molecule has 11 rings (SSSR count). The quantitative estimate of drug-likeness (QED) is 0.180. The van der Waals surface area contributed by atoms with E-state index in [0.29, 0.717) is 23.0 Å². The molecule has 0 fully saturated rings. The number of fused-ring (bicyclic) bond motifs is 10. The molecule has 5 heteroatoms. The summed E-state index contributed by atoms with van der Waals surface area (Å²) in [5.41, 5.74) is 12.7. The molecule has 0 amide bonds. The Morgan fingerprint density at radius 1 is 0.393 bits per heavy atom. The molecule has 0 atom stereocenters. The van der Waals surface area contributed by atoms with Crippen LogP contribution in [0.5, 0.6) is 0 Å². The van der Waals surface area contributed by atoms with Gasteiger partial charge in [-0.15, -0.1) is 0 Å². The summed E-state index contributed by atoms with van der Waals surface area (Å²) in [4.78, 5) is 17.7. The summed E-state index contributed by atoms with van der Waals surface area (Å²) < 4.78 is 0. The van der Waals surface area contributed by atoms with E-state index >= 15 is 0 Å². The average Bonchev–Trinajstić information content (AvgIpc) is 3.56. The first kappa shape index (κ1) is 32.3. The zero-order chi connectivity index (χ0) is 37.2. The lowest BCUT2D eigenvalue weighted by Gasteiger charge is -2.40. The Hall–Kier alpha value is -7.13. The first-order valence-corrected chi connectivity index (χ1v) is 19.5. The number of aromatic nitrogens is 3. The summed E-state index contributed by atoms with van der Waals surface area (Å²) in [5, 5.41) is 11.9. The van der Waals surface area contributed by atoms with Crippen molar-refractivity contribution in [2.24, 2.45) is 0 Å². The Morgan fingerprint density at radius 2 is 0.929 bits per heavy atom. The van der Waals surface area contributed by atoms with Crippen molar-refractivity contribution in [2.75, 3.05) is 0 Å². The molecular weight excluding hydrogens is 701 g/mol. The average molecular weight is 731 g/mol. The molecule has 1 aliphatic carbocycles. The van der Waals surface area contributed by atoms with Crippen LogP contribution in [0.2, 0.25) is 0 Å². The van der Waals surface area contributed by atoms with E-state index in [1.807, 2.05) is 78.5 Å². The molecular formula is C51H30N4S. The van der Waals surface area contributed by atoms with E-state index in [-0.39, 0.29) is 0 Å². The Bertz CT molecular complexity index is 3030. The molecule has 0 radical (unpaired) electrons. The summed E-state index contributed by atoms with van der Waals surface area (Å²) in [6, 6.07) is 66.3. The van der Waals surface area contributed by atoms with Gasteiger partial charge < -0.3 is 0 Å². The minimum absolute atomic E-state index is 0.486. The Labute approximate surface area is 328 Å². The van der Waals surface area contributed by atoms with E-state index in [1.54, 1.807) is 0 Å². The Kier molecular flexibility index (Phi) is 7.35. The number of nitriles is 1. The summed E-state index contributed by atoms with van der Waals surface area (Å²) in [5.74, 6) is 1.84. The molecule has 260 valence electrons. The molecule has 0 bridgehead atoms. The number of rotatable bonds is 4. The molecule has 8 aromatic carbocycles. The zero-order valence-corrected chi connectivity index (χ0v) is 30.8. The molecule has 2 aliphatic rings. The van der Waals surface area contributed by atoms with E-state index in [4.69, 9.17) is 15.0 Å². The van der Waals surface area contributed by atoms with Crippen LogP contribution >= 0.6 is 11.8 Å². The third-order valence-corrected chi connectivity index (χ3v) is 12.3. The van der Waals surface area contributed by atoms with Crippen LogP contribution in [-0.4, -0.2) is 15.0 Å². The van der Waals surface area contributed by atoms with Crippen LogP contribution in [0.15, 0.2) is 192 Å². The van der Waals surface area contributed by atoms with Gasteiger partial charge in [-0.05, 0) is 85.6 Å². The molecule has 0 saturated heterocycles. The summed E-state index contributed by atoms with van der Waals surface area (Å²) >= 11 is 1.83. The first-order valence-electron chi connectivity index (χ1n) is 18.7. The highest BCUT2D eigenvalue weighted by Crippen LogP contribution is 2.62. The molecule has 1 aliphatic heterocycles. The van der Waals surface area contributed by atoms with Gasteiger partial charge in [0.25, 0.3) is 0 Å². The minimum Gasteiger partial charge on any atom is -0.208 e. The van der Waals surface area contributed by atoms with Gasteiger partial charge >= 0.3 is 0 Å². The molecule has 1 spiro atoms. The van der Waals surface area contributed by atoms with Crippen LogP contribution in [0.25, 0.3) is 67.2 Å². The second-order valence-corrected chi connectivity index (χ2v) is 15.4. The van der Waals surface area contributed by atoms with Gasteiger partial charge in [-0.2, -0.15) is 5.26 Å². The van der Waals surface area contributed by atoms with E-state index in [0.717, 1.165) is 27.8 Å². The predicted octanol–water partition coefficient (Wildman–Crippen LogP) is 12.4. The van der Waals surface area contributed by atoms with Crippen LogP contribution < -0.4 is 0 Å². The highest BCUT2D eigenvalue weighted by atomic mass is 32.2. The number of benzene rings is 8. The normalized spacial score (nSPS) is 13.1. The van der Waals surface area contributed by atoms with Crippen molar-refractivity contribution in [3.8, 4) is 62.5 Å². The van der Waals surface area contributed by atoms with Crippen molar-refractivity contribution in [1.82, 2.24) is 15.0 Å². The van der Waals surface area contributed by atoms with Crippen LogP contribution in [0.1, 0.15) is 27.8 Å². The van der Waals surface area contributed by atoms with Crippen LogP contribution in [0.4, 0.5) is 0 Å². The Morgan fingerprint density at radius 3 is 1.62 bits per heavy atom. The smallest absolute Gasteiger partial charge is 0.164 e. The van der Waals surface area contributed by atoms with Crippen LogP contribution in [0.3, 0.4) is 0 Å². The zero-order valence-electron chi connectivity index (χ0n) is 30.0. The standard InChI is InChI=1S/C51H30N4S/c52-31-32-11-10-16-36(27-32)33-21-23-35(24-22-33)49-53-48(34-12-2-1-3-13-34)54-50(55-49)39-25-26-44-46(30-39)56-47-29-38-15-5-4-14-37(38)28-45(47)51(44)42-19-8-6-17-40(42)41-18-7-9-20-43(41)51/h1-30H. The summed E-state index contributed by atoms with van der Waals surface area (Å²) in [7, 11) is 0. The maximum absolute atomic E-state index is 9.45. The molecule has 56 heavy (non-hydrogen) atoms. The van der Waals surface area contributed by atoms with Gasteiger partial charge in [-0.1, -0.05) is 163 Å². The molecule has 2 heterocycles. The maximum Gasteiger partial charge on any atom is 0.164 e. The lowest BCUT2D eigenvalue weighted by Crippen LogP contribution is -2.32. The lowest BCUT2D eigenvalue weighted by molar-refractivity contribution is 0.724. The highest BCUT2D eigenvalue weighted by Gasteiger charge is 2.50. The van der Waals surface area contributed by atoms with Crippen molar-refractivity contribution in [3.63, 3.8) is 0 Å². The van der Waals surface area contributed by atoms with Crippen LogP contribution in [0, 0.1) is 11.3 Å². The van der Waals surface area contributed by atoms with Crippen molar-refractivity contribution < 1.29 is 0 Å². The molecule has 9 aromatic rings. The molecule has 0 unspecified atom stereocenters. The van der Waals surface area contributed by atoms with E-state index in [1.165, 1.54) is 53.9 Å². The fourth-order valence-electron chi connectivity index (χ4n) is 8.66. The molecule has 4 nitrogen and oxygen atoms in total. The number of nitrogens with zero attached hydrogens (tertiary/aromatic N) is 4. The van der Waals surface area contributed by atoms with Gasteiger partial charge in [-0.25, -0.2) is 15.0 Å². The minimum atomic E-state index is -0.486. The second-order valence-electron chi connectivity index (χ2n) is 14.3.